The van der Waals surface area contributed by atoms with E-state index in [-0.39, 0.29) is 17.1 Å². The second-order valence-electron chi connectivity index (χ2n) is 5.45. The lowest BCUT2D eigenvalue weighted by Crippen LogP contribution is -2.26. The first-order valence-electron chi connectivity index (χ1n) is 7.22. The molecule has 1 unspecified atom stereocenters. The number of Topliss-reactive ketones (excluding diaryl/α,β-unsaturated/α-hetero) is 1. The van der Waals surface area contributed by atoms with Gasteiger partial charge in [-0.15, -0.1) is 0 Å². The Morgan fingerprint density at radius 1 is 0.913 bits per heavy atom. The van der Waals surface area contributed by atoms with Crippen LogP contribution in [0.1, 0.15) is 27.4 Å². The number of hydrogen-bond donors (Lipinski definition) is 1. The Bertz CT molecular complexity index is 970. The maximum absolute atomic E-state index is 13.0. The van der Waals surface area contributed by atoms with Crippen LogP contribution in [0.3, 0.4) is 0 Å². The van der Waals surface area contributed by atoms with Crippen LogP contribution in [-0.4, -0.2) is 10.9 Å². The van der Waals surface area contributed by atoms with Crippen LogP contribution in [0.15, 0.2) is 69.9 Å². The average Bonchev–Trinajstić information content (AvgIpc) is 2.55. The van der Waals surface area contributed by atoms with Crippen LogP contribution in [0.25, 0.3) is 11.3 Å². The number of rotatable bonds is 1. The van der Waals surface area contributed by atoms with E-state index in [4.69, 9.17) is 4.42 Å². The fourth-order valence-corrected chi connectivity index (χ4v) is 3.12. The van der Waals surface area contributed by atoms with Crippen LogP contribution in [-0.2, 0) is 0 Å². The van der Waals surface area contributed by atoms with Crippen molar-refractivity contribution in [3.8, 4) is 17.3 Å². The van der Waals surface area contributed by atoms with Gasteiger partial charge in [0.05, 0.1) is 12.0 Å². The number of carbonyl (C=O) groups is 1. The second-order valence-corrected chi connectivity index (χ2v) is 5.45. The molecule has 4 heteroatoms. The summed E-state index contributed by atoms with van der Waals surface area (Å²) in [6, 6.07) is 17.6. The van der Waals surface area contributed by atoms with Crippen LogP contribution >= 0.6 is 0 Å². The van der Waals surface area contributed by atoms with Crippen molar-refractivity contribution in [2.45, 2.75) is 5.92 Å². The van der Waals surface area contributed by atoms with Gasteiger partial charge < -0.3 is 9.52 Å². The van der Waals surface area contributed by atoms with E-state index in [9.17, 15) is 14.7 Å². The van der Waals surface area contributed by atoms with Crippen molar-refractivity contribution in [1.29, 1.82) is 0 Å². The van der Waals surface area contributed by atoms with Gasteiger partial charge in [-0.1, -0.05) is 54.6 Å². The van der Waals surface area contributed by atoms with Crippen LogP contribution in [0.2, 0.25) is 0 Å². The number of carbonyl (C=O) groups excluding carboxylic acids is 1. The van der Waals surface area contributed by atoms with Crippen LogP contribution in [0, 0.1) is 0 Å². The Kier molecular flexibility index (Phi) is 2.91. The lowest BCUT2D eigenvalue weighted by molar-refractivity contribution is 0.0968. The third kappa shape index (κ3) is 1.99. The van der Waals surface area contributed by atoms with Gasteiger partial charge in [-0.2, -0.15) is 0 Å². The lowest BCUT2D eigenvalue weighted by atomic mass is 9.77. The van der Waals surface area contributed by atoms with Crippen molar-refractivity contribution in [2.24, 2.45) is 0 Å². The topological polar surface area (TPSA) is 67.5 Å². The molecule has 4 rings (SSSR count). The van der Waals surface area contributed by atoms with Crippen molar-refractivity contribution in [3.05, 3.63) is 87.6 Å². The number of benzene rings is 2. The van der Waals surface area contributed by atoms with Crippen molar-refractivity contribution >= 4 is 5.78 Å². The number of hydrogen-bond acceptors (Lipinski definition) is 4. The van der Waals surface area contributed by atoms with Crippen LogP contribution in [0.4, 0.5) is 0 Å². The molecule has 1 aliphatic carbocycles. The summed E-state index contributed by atoms with van der Waals surface area (Å²) in [6.07, 6.45) is 0. The fourth-order valence-electron chi connectivity index (χ4n) is 3.12. The fraction of sp³-hybridized carbons (Fsp3) is 0.0526. The predicted molar refractivity (Wildman–Crippen MR) is 84.7 cm³/mol. The Morgan fingerprint density at radius 2 is 1.61 bits per heavy atom. The zero-order chi connectivity index (χ0) is 16.0. The van der Waals surface area contributed by atoms with Gasteiger partial charge in [-0.05, 0) is 11.1 Å². The minimum atomic E-state index is -0.549. The molecule has 0 aliphatic heterocycles. The van der Waals surface area contributed by atoms with Crippen molar-refractivity contribution in [1.82, 2.24) is 0 Å². The molecule has 1 heterocycles. The molecule has 112 valence electrons. The number of ketones is 1. The normalized spacial score (nSPS) is 15.8. The molecule has 1 aliphatic rings. The minimum absolute atomic E-state index is 0.00430. The Morgan fingerprint density at radius 3 is 2.39 bits per heavy atom. The third-order valence-electron chi connectivity index (χ3n) is 4.09. The molecule has 2 aromatic carbocycles. The molecule has 4 nitrogen and oxygen atoms in total. The maximum Gasteiger partial charge on any atom is 0.286 e. The molecule has 0 radical (unpaired) electrons. The van der Waals surface area contributed by atoms with Gasteiger partial charge in [-0.3, -0.25) is 9.59 Å². The molecule has 0 spiro atoms. The second kappa shape index (κ2) is 4.95. The van der Waals surface area contributed by atoms with Crippen LogP contribution in [0.5, 0.6) is 5.95 Å². The summed E-state index contributed by atoms with van der Waals surface area (Å²) in [7, 11) is 0. The quantitative estimate of drug-likeness (QED) is 0.748. The SMILES string of the molecule is O=C1c2c(oc(O)cc2=O)-c2ccccc2C1c1ccccc1. The molecule has 1 aromatic heterocycles. The van der Waals surface area contributed by atoms with Gasteiger partial charge in [0, 0.05) is 5.56 Å². The average molecular weight is 304 g/mol. The summed E-state index contributed by atoms with van der Waals surface area (Å²) < 4.78 is 5.30. The first-order chi connectivity index (χ1) is 11.2. The summed E-state index contributed by atoms with van der Waals surface area (Å²) in [5.41, 5.74) is 1.72. The van der Waals surface area contributed by atoms with E-state index in [1.165, 1.54) is 0 Å². The summed E-state index contributed by atoms with van der Waals surface area (Å²) >= 11 is 0. The summed E-state index contributed by atoms with van der Waals surface area (Å²) in [5.74, 6) is -1.21. The Hall–Kier alpha value is -3.14. The van der Waals surface area contributed by atoms with Gasteiger partial charge in [-0.25, -0.2) is 0 Å². The highest BCUT2D eigenvalue weighted by molar-refractivity contribution is 6.10. The first-order valence-corrected chi connectivity index (χ1v) is 7.22. The smallest absolute Gasteiger partial charge is 0.286 e. The van der Waals surface area contributed by atoms with Gasteiger partial charge in [0.15, 0.2) is 17.0 Å². The molecular weight excluding hydrogens is 292 g/mol. The third-order valence-corrected chi connectivity index (χ3v) is 4.09. The van der Waals surface area contributed by atoms with Gasteiger partial charge in [0.25, 0.3) is 5.95 Å². The van der Waals surface area contributed by atoms with Gasteiger partial charge in [0.1, 0.15) is 5.56 Å². The molecule has 0 saturated carbocycles. The molecular formula is C19H12O4. The molecule has 3 aromatic rings. The van der Waals surface area contributed by atoms with Crippen molar-refractivity contribution in [2.75, 3.05) is 0 Å². The summed E-state index contributed by atoms with van der Waals surface area (Å²) in [4.78, 5) is 25.2. The Balaban J connectivity index is 2.07. The zero-order valence-corrected chi connectivity index (χ0v) is 12.0. The largest absolute Gasteiger partial charge is 0.481 e. The number of fused-ring (bicyclic) bond motifs is 3. The standard InChI is InChI=1S/C19H12O4/c20-14-10-15(21)23-19-13-9-5-4-8-12(13)16(18(22)17(14)19)11-6-2-1-3-7-11/h1-10,16,21H. The van der Waals surface area contributed by atoms with E-state index in [2.05, 4.69) is 0 Å². The highest BCUT2D eigenvalue weighted by Crippen LogP contribution is 2.42. The Labute approximate surface area is 131 Å². The van der Waals surface area contributed by atoms with E-state index in [1.807, 2.05) is 48.5 Å². The summed E-state index contributed by atoms with van der Waals surface area (Å²) in [6.45, 7) is 0. The van der Waals surface area contributed by atoms with E-state index in [1.54, 1.807) is 6.07 Å². The van der Waals surface area contributed by atoms with Crippen molar-refractivity contribution < 1.29 is 14.3 Å². The van der Waals surface area contributed by atoms with E-state index < -0.39 is 17.3 Å². The van der Waals surface area contributed by atoms with Gasteiger partial charge in [0.2, 0.25) is 0 Å². The zero-order valence-electron chi connectivity index (χ0n) is 12.0. The molecule has 23 heavy (non-hydrogen) atoms. The molecule has 0 bridgehead atoms. The monoisotopic (exact) mass is 304 g/mol. The minimum Gasteiger partial charge on any atom is -0.481 e. The molecule has 0 amide bonds. The van der Waals surface area contributed by atoms with E-state index >= 15 is 0 Å². The summed E-state index contributed by atoms with van der Waals surface area (Å²) in [5, 5.41) is 9.59. The highest BCUT2D eigenvalue weighted by Gasteiger charge is 2.36. The van der Waals surface area contributed by atoms with E-state index in [0.29, 0.717) is 5.56 Å². The van der Waals surface area contributed by atoms with Crippen LogP contribution < -0.4 is 5.43 Å². The highest BCUT2D eigenvalue weighted by atomic mass is 16.5. The van der Waals surface area contributed by atoms with E-state index in [0.717, 1.165) is 17.2 Å². The molecule has 1 atom stereocenters. The van der Waals surface area contributed by atoms with Gasteiger partial charge >= 0.3 is 0 Å². The molecule has 0 fully saturated rings. The molecule has 1 N–H and O–H groups in total. The lowest BCUT2D eigenvalue weighted by Gasteiger charge is -2.25. The van der Waals surface area contributed by atoms with Crippen molar-refractivity contribution in [3.63, 3.8) is 0 Å². The number of aromatic hydroxyl groups is 1. The maximum atomic E-state index is 13.0. The first kappa shape index (κ1) is 13.5. The molecule has 0 saturated heterocycles. The predicted octanol–water partition coefficient (Wildman–Crippen LogP) is 3.34.